The zero-order valence-electron chi connectivity index (χ0n) is 14.0. The first kappa shape index (κ1) is 18.0. The second-order valence-corrected chi connectivity index (χ2v) is 6.03. The van der Waals surface area contributed by atoms with Crippen LogP contribution in [0, 0.1) is 0 Å². The largest absolute Gasteiger partial charge is 0.476 e. The number of benzene rings is 1. The molecule has 1 aromatic carbocycles. The van der Waals surface area contributed by atoms with E-state index in [2.05, 4.69) is 11.9 Å². The van der Waals surface area contributed by atoms with Gasteiger partial charge in [-0.15, -0.1) is 0 Å². The third kappa shape index (κ3) is 5.09. The summed E-state index contributed by atoms with van der Waals surface area (Å²) in [6, 6.07) is 6.71. The normalized spacial score (nSPS) is 17.7. The monoisotopic (exact) mass is 333 g/mol. The third-order valence-corrected chi connectivity index (χ3v) is 3.55. The molecule has 6 heteroatoms. The van der Waals surface area contributed by atoms with Gasteiger partial charge in [0.1, 0.15) is 5.75 Å². The third-order valence-electron chi connectivity index (χ3n) is 3.55. The van der Waals surface area contributed by atoms with Crippen LogP contribution in [-0.4, -0.2) is 30.4 Å². The Balaban J connectivity index is 1.93. The minimum atomic E-state index is -1.15. The van der Waals surface area contributed by atoms with Crippen LogP contribution >= 0.6 is 0 Å². The topological polar surface area (TPSA) is 73.9 Å². The highest BCUT2D eigenvalue weighted by Gasteiger charge is 2.34. The van der Waals surface area contributed by atoms with E-state index < -0.39 is 17.9 Å². The van der Waals surface area contributed by atoms with Gasteiger partial charge in [-0.1, -0.05) is 6.58 Å². The number of nitrogens with one attached hydrogen (secondary N) is 1. The molecule has 6 nitrogen and oxygen atoms in total. The smallest absolute Gasteiger partial charge is 0.352 e. The SMILES string of the molecule is C=CC(=O)Nc1ccc(OC(C)(C)C(=O)OC2CCCCO2)cc1. The minimum absolute atomic E-state index is 0.292. The van der Waals surface area contributed by atoms with Gasteiger partial charge in [0.15, 0.2) is 5.60 Å². The van der Waals surface area contributed by atoms with E-state index >= 15 is 0 Å². The summed E-state index contributed by atoms with van der Waals surface area (Å²) in [7, 11) is 0. The van der Waals surface area contributed by atoms with E-state index in [0.717, 1.165) is 12.8 Å². The molecule has 1 saturated heterocycles. The van der Waals surface area contributed by atoms with Gasteiger partial charge in [0.2, 0.25) is 12.2 Å². The summed E-state index contributed by atoms with van der Waals surface area (Å²) in [6.45, 7) is 7.29. The van der Waals surface area contributed by atoms with Crippen LogP contribution in [0.2, 0.25) is 0 Å². The van der Waals surface area contributed by atoms with Crippen molar-refractivity contribution in [2.75, 3.05) is 11.9 Å². The zero-order chi connectivity index (χ0) is 17.6. The van der Waals surface area contributed by atoms with Gasteiger partial charge in [-0.2, -0.15) is 0 Å². The second-order valence-electron chi connectivity index (χ2n) is 6.03. The fraction of sp³-hybridized carbons (Fsp3) is 0.444. The summed E-state index contributed by atoms with van der Waals surface area (Å²) in [5.41, 5.74) is -0.532. The number of hydrogen-bond acceptors (Lipinski definition) is 5. The van der Waals surface area contributed by atoms with Gasteiger partial charge in [-0.25, -0.2) is 4.79 Å². The molecule has 0 bridgehead atoms. The first-order chi connectivity index (χ1) is 11.4. The van der Waals surface area contributed by atoms with Gasteiger partial charge < -0.3 is 19.5 Å². The molecule has 0 saturated carbocycles. The maximum absolute atomic E-state index is 12.3. The molecule has 1 unspecified atom stereocenters. The summed E-state index contributed by atoms with van der Waals surface area (Å²) in [5.74, 6) is -0.267. The van der Waals surface area contributed by atoms with Crippen LogP contribution in [0.25, 0.3) is 0 Å². The highest BCUT2D eigenvalue weighted by atomic mass is 16.7. The lowest BCUT2D eigenvalue weighted by molar-refractivity contribution is -0.199. The van der Waals surface area contributed by atoms with Crippen molar-refractivity contribution in [1.29, 1.82) is 0 Å². The van der Waals surface area contributed by atoms with E-state index in [1.807, 2.05) is 0 Å². The molecule has 1 heterocycles. The molecule has 130 valence electrons. The average molecular weight is 333 g/mol. The van der Waals surface area contributed by atoms with E-state index in [9.17, 15) is 9.59 Å². The van der Waals surface area contributed by atoms with Crippen LogP contribution in [0.5, 0.6) is 5.75 Å². The highest BCUT2D eigenvalue weighted by molar-refractivity contribution is 5.98. The molecule has 1 fully saturated rings. The lowest BCUT2D eigenvalue weighted by atomic mass is 10.1. The number of hydrogen-bond donors (Lipinski definition) is 1. The predicted molar refractivity (Wildman–Crippen MR) is 89.7 cm³/mol. The Labute approximate surface area is 141 Å². The Morgan fingerprint density at radius 1 is 1.29 bits per heavy atom. The lowest BCUT2D eigenvalue weighted by Gasteiger charge is -2.28. The van der Waals surface area contributed by atoms with Crippen LogP contribution < -0.4 is 10.1 Å². The number of amides is 1. The number of esters is 1. The molecular formula is C18H23NO5. The Hall–Kier alpha value is -2.34. The van der Waals surface area contributed by atoms with Gasteiger partial charge >= 0.3 is 5.97 Å². The van der Waals surface area contributed by atoms with E-state index in [1.54, 1.807) is 38.1 Å². The zero-order valence-corrected chi connectivity index (χ0v) is 14.0. The van der Waals surface area contributed by atoms with Crippen molar-refractivity contribution in [3.63, 3.8) is 0 Å². The Kier molecular flexibility index (Phi) is 5.98. The molecule has 0 aliphatic carbocycles. The maximum Gasteiger partial charge on any atom is 0.352 e. The van der Waals surface area contributed by atoms with Crippen LogP contribution in [0.15, 0.2) is 36.9 Å². The van der Waals surface area contributed by atoms with E-state index in [1.165, 1.54) is 6.08 Å². The van der Waals surface area contributed by atoms with Gasteiger partial charge in [0.05, 0.1) is 6.61 Å². The Morgan fingerprint density at radius 3 is 2.58 bits per heavy atom. The van der Waals surface area contributed by atoms with Crippen molar-refractivity contribution < 1.29 is 23.8 Å². The van der Waals surface area contributed by atoms with Gasteiger partial charge in [0, 0.05) is 12.1 Å². The lowest BCUT2D eigenvalue weighted by Crippen LogP contribution is -2.42. The van der Waals surface area contributed by atoms with Crippen LogP contribution in [-0.2, 0) is 19.1 Å². The molecule has 0 radical (unpaired) electrons. The van der Waals surface area contributed by atoms with Crippen molar-refractivity contribution in [3.8, 4) is 5.75 Å². The first-order valence-electron chi connectivity index (χ1n) is 7.96. The molecule has 1 aliphatic rings. The average Bonchev–Trinajstić information content (AvgIpc) is 2.57. The predicted octanol–water partition coefficient (Wildman–Crippen LogP) is 3.04. The number of carbonyl (C=O) groups is 2. The first-order valence-corrected chi connectivity index (χ1v) is 7.96. The van der Waals surface area contributed by atoms with Crippen molar-refractivity contribution in [2.45, 2.75) is 45.0 Å². The Bertz CT molecular complexity index is 588. The highest BCUT2D eigenvalue weighted by Crippen LogP contribution is 2.23. The molecule has 2 rings (SSSR count). The van der Waals surface area contributed by atoms with E-state index in [4.69, 9.17) is 14.2 Å². The minimum Gasteiger partial charge on any atom is -0.476 e. The quantitative estimate of drug-likeness (QED) is 0.640. The number of ether oxygens (including phenoxy) is 3. The molecule has 1 aliphatic heterocycles. The molecule has 0 spiro atoms. The second kappa shape index (κ2) is 7.97. The van der Waals surface area contributed by atoms with Gasteiger partial charge in [0.25, 0.3) is 0 Å². The Morgan fingerprint density at radius 2 is 2.00 bits per heavy atom. The van der Waals surface area contributed by atoms with Gasteiger partial charge in [-0.05, 0) is 57.0 Å². The van der Waals surface area contributed by atoms with Crippen molar-refractivity contribution in [2.24, 2.45) is 0 Å². The molecule has 24 heavy (non-hydrogen) atoms. The van der Waals surface area contributed by atoms with Crippen molar-refractivity contribution in [1.82, 2.24) is 0 Å². The molecule has 1 N–H and O–H groups in total. The molecular weight excluding hydrogens is 310 g/mol. The van der Waals surface area contributed by atoms with Crippen LogP contribution in [0.4, 0.5) is 5.69 Å². The summed E-state index contributed by atoms with van der Waals surface area (Å²) in [6.07, 6.45) is 3.38. The van der Waals surface area contributed by atoms with E-state index in [-0.39, 0.29) is 5.91 Å². The number of carbonyl (C=O) groups excluding carboxylic acids is 2. The van der Waals surface area contributed by atoms with Crippen molar-refractivity contribution >= 4 is 17.6 Å². The molecule has 1 amide bonds. The molecule has 1 atom stereocenters. The summed E-state index contributed by atoms with van der Waals surface area (Å²) < 4.78 is 16.5. The summed E-state index contributed by atoms with van der Waals surface area (Å²) in [4.78, 5) is 23.5. The van der Waals surface area contributed by atoms with Gasteiger partial charge in [-0.3, -0.25) is 4.79 Å². The fourth-order valence-corrected chi connectivity index (χ4v) is 2.20. The number of anilines is 1. The van der Waals surface area contributed by atoms with Crippen LogP contribution in [0.3, 0.4) is 0 Å². The maximum atomic E-state index is 12.3. The van der Waals surface area contributed by atoms with Crippen LogP contribution in [0.1, 0.15) is 33.1 Å². The molecule has 0 aromatic heterocycles. The summed E-state index contributed by atoms with van der Waals surface area (Å²) in [5, 5.41) is 2.64. The number of rotatable bonds is 6. The van der Waals surface area contributed by atoms with Crippen molar-refractivity contribution in [3.05, 3.63) is 36.9 Å². The standard InChI is InChI=1S/C18H23NO5/c1-4-15(20)19-13-8-10-14(11-9-13)24-18(2,3)17(21)23-16-7-5-6-12-22-16/h4,8-11,16H,1,5-7,12H2,2-3H3,(H,19,20). The summed E-state index contributed by atoms with van der Waals surface area (Å²) >= 11 is 0. The van der Waals surface area contributed by atoms with E-state index in [0.29, 0.717) is 24.5 Å². The fourth-order valence-electron chi connectivity index (χ4n) is 2.20. The molecule has 1 aromatic rings.